The van der Waals surface area contributed by atoms with Crippen LogP contribution < -0.4 is 16.0 Å². The Balaban J connectivity index is 1.50. The zero-order valence-electron chi connectivity index (χ0n) is 14.9. The van der Waals surface area contributed by atoms with E-state index in [1.54, 1.807) is 6.20 Å². The van der Waals surface area contributed by atoms with Crippen molar-refractivity contribution in [3.63, 3.8) is 0 Å². The summed E-state index contributed by atoms with van der Waals surface area (Å²) in [7, 11) is 0. The molecule has 0 aromatic carbocycles. The van der Waals surface area contributed by atoms with Gasteiger partial charge in [-0.25, -0.2) is 9.97 Å². The van der Waals surface area contributed by atoms with Crippen molar-refractivity contribution in [1.29, 1.82) is 0 Å². The molecule has 8 heteroatoms. The Morgan fingerprint density at radius 1 is 1.11 bits per heavy atom. The summed E-state index contributed by atoms with van der Waals surface area (Å²) in [6, 6.07) is 9.78. The number of nitrogen functional groups attached to an aromatic ring is 1. The molecule has 8 nitrogen and oxygen atoms in total. The first kappa shape index (κ1) is 17.2. The molecule has 4 heterocycles. The number of hydrogen-bond donors (Lipinski definition) is 2. The van der Waals surface area contributed by atoms with E-state index in [4.69, 9.17) is 10.5 Å². The molecule has 3 aromatic heterocycles. The highest BCUT2D eigenvalue weighted by Gasteiger charge is 2.13. The molecule has 1 saturated heterocycles. The van der Waals surface area contributed by atoms with Gasteiger partial charge in [0.1, 0.15) is 11.6 Å². The quantitative estimate of drug-likeness (QED) is 0.709. The van der Waals surface area contributed by atoms with Gasteiger partial charge in [0.05, 0.1) is 18.9 Å². The fraction of sp³-hybridized carbons (Fsp3) is 0.263. The van der Waals surface area contributed by atoms with Gasteiger partial charge in [0.2, 0.25) is 5.95 Å². The summed E-state index contributed by atoms with van der Waals surface area (Å²) in [5.74, 6) is 1.83. The lowest BCUT2D eigenvalue weighted by Crippen LogP contribution is -2.36. The van der Waals surface area contributed by atoms with Crippen LogP contribution in [0.5, 0.6) is 0 Å². The minimum absolute atomic E-state index is 0.221. The van der Waals surface area contributed by atoms with Crippen molar-refractivity contribution < 1.29 is 4.74 Å². The highest BCUT2D eigenvalue weighted by molar-refractivity contribution is 5.64. The summed E-state index contributed by atoms with van der Waals surface area (Å²) in [5.41, 5.74) is 8.59. The van der Waals surface area contributed by atoms with E-state index in [0.717, 1.165) is 48.9 Å². The molecule has 0 unspecified atom stereocenters. The molecule has 27 heavy (non-hydrogen) atoms. The average molecular weight is 363 g/mol. The number of ether oxygens (including phenoxy) is 1. The predicted octanol–water partition coefficient (Wildman–Crippen LogP) is 1.96. The third-order valence-corrected chi connectivity index (χ3v) is 4.32. The van der Waals surface area contributed by atoms with Gasteiger partial charge in [-0.3, -0.25) is 4.98 Å². The smallest absolute Gasteiger partial charge is 0.222 e. The Hall–Kier alpha value is -3.26. The second-order valence-corrected chi connectivity index (χ2v) is 6.22. The average Bonchev–Trinajstić information content (AvgIpc) is 2.73. The molecule has 0 aliphatic carbocycles. The lowest BCUT2D eigenvalue weighted by Gasteiger charge is -2.27. The molecule has 1 fully saturated rings. The largest absolute Gasteiger partial charge is 0.378 e. The third-order valence-electron chi connectivity index (χ3n) is 4.32. The first-order valence-electron chi connectivity index (χ1n) is 8.84. The molecule has 0 radical (unpaired) electrons. The van der Waals surface area contributed by atoms with E-state index < -0.39 is 0 Å². The van der Waals surface area contributed by atoms with Crippen molar-refractivity contribution in [2.45, 2.75) is 6.54 Å². The fourth-order valence-corrected chi connectivity index (χ4v) is 2.92. The number of aromatic nitrogens is 4. The van der Waals surface area contributed by atoms with Crippen molar-refractivity contribution in [3.05, 3.63) is 54.5 Å². The number of nitrogens with one attached hydrogen (secondary N) is 1. The molecule has 0 amide bonds. The normalized spacial score (nSPS) is 14.1. The van der Waals surface area contributed by atoms with Gasteiger partial charge < -0.3 is 20.7 Å². The van der Waals surface area contributed by atoms with Crippen LogP contribution in [-0.4, -0.2) is 46.2 Å². The molecule has 0 bridgehead atoms. The van der Waals surface area contributed by atoms with Gasteiger partial charge in [0.15, 0.2) is 0 Å². The van der Waals surface area contributed by atoms with Crippen LogP contribution in [0.4, 0.5) is 17.6 Å². The molecule has 0 atom stereocenters. The topological polar surface area (TPSA) is 102 Å². The summed E-state index contributed by atoms with van der Waals surface area (Å²) in [6.07, 6.45) is 5.38. The van der Waals surface area contributed by atoms with Gasteiger partial charge in [-0.2, -0.15) is 4.98 Å². The van der Waals surface area contributed by atoms with E-state index in [9.17, 15) is 0 Å². The van der Waals surface area contributed by atoms with Crippen molar-refractivity contribution in [2.75, 3.05) is 42.3 Å². The number of pyridine rings is 2. The van der Waals surface area contributed by atoms with Gasteiger partial charge in [-0.1, -0.05) is 6.07 Å². The van der Waals surface area contributed by atoms with Crippen LogP contribution in [0.1, 0.15) is 5.56 Å². The van der Waals surface area contributed by atoms with Gasteiger partial charge in [-0.15, -0.1) is 0 Å². The lowest BCUT2D eigenvalue weighted by atomic mass is 10.2. The molecule has 3 aromatic rings. The van der Waals surface area contributed by atoms with Crippen LogP contribution in [0.25, 0.3) is 11.3 Å². The highest BCUT2D eigenvalue weighted by atomic mass is 16.5. The minimum atomic E-state index is 0.221. The summed E-state index contributed by atoms with van der Waals surface area (Å²) >= 11 is 0. The standard InChI is InChI=1S/C19H21N7O/c20-19-24-16(10-17(25-19)22-12-14-2-1-5-21-11-14)15-3-4-18(23-13-15)26-6-8-27-9-7-26/h1-5,10-11,13H,6-9,12H2,(H3,20,22,24,25). The molecule has 1 aliphatic rings. The zero-order chi connectivity index (χ0) is 18.5. The zero-order valence-corrected chi connectivity index (χ0v) is 14.9. The number of hydrogen-bond acceptors (Lipinski definition) is 8. The number of morpholine rings is 1. The van der Waals surface area contributed by atoms with Crippen molar-refractivity contribution >= 4 is 17.6 Å². The highest BCUT2D eigenvalue weighted by Crippen LogP contribution is 2.22. The van der Waals surface area contributed by atoms with E-state index >= 15 is 0 Å². The Bertz CT molecular complexity index is 880. The SMILES string of the molecule is Nc1nc(NCc2cccnc2)cc(-c2ccc(N3CCOCC3)nc2)n1. The van der Waals surface area contributed by atoms with Crippen LogP contribution in [0.3, 0.4) is 0 Å². The molecule has 3 N–H and O–H groups in total. The van der Waals surface area contributed by atoms with Crippen molar-refractivity contribution in [2.24, 2.45) is 0 Å². The van der Waals surface area contributed by atoms with E-state index in [1.165, 1.54) is 0 Å². The van der Waals surface area contributed by atoms with Gasteiger partial charge in [0, 0.05) is 49.9 Å². The van der Waals surface area contributed by atoms with E-state index in [1.807, 2.05) is 42.7 Å². The maximum Gasteiger partial charge on any atom is 0.222 e. The molecule has 138 valence electrons. The maximum atomic E-state index is 5.90. The lowest BCUT2D eigenvalue weighted by molar-refractivity contribution is 0.122. The van der Waals surface area contributed by atoms with Crippen LogP contribution in [0, 0.1) is 0 Å². The summed E-state index contributed by atoms with van der Waals surface area (Å²) in [4.78, 5) is 19.5. The van der Waals surface area contributed by atoms with Crippen LogP contribution in [0.15, 0.2) is 48.9 Å². The maximum absolute atomic E-state index is 5.90. The van der Waals surface area contributed by atoms with Crippen molar-refractivity contribution in [3.8, 4) is 11.3 Å². The Labute approximate surface area is 157 Å². The van der Waals surface area contributed by atoms with Gasteiger partial charge in [0.25, 0.3) is 0 Å². The summed E-state index contributed by atoms with van der Waals surface area (Å²) in [6.45, 7) is 3.79. The second kappa shape index (κ2) is 7.96. The molecule has 0 saturated carbocycles. The second-order valence-electron chi connectivity index (χ2n) is 6.22. The Kier molecular flexibility index (Phi) is 5.06. The Morgan fingerprint density at radius 3 is 2.74 bits per heavy atom. The van der Waals surface area contributed by atoms with Crippen molar-refractivity contribution in [1.82, 2.24) is 19.9 Å². The first-order chi connectivity index (χ1) is 13.3. The molecular formula is C19H21N7O. The van der Waals surface area contributed by atoms with E-state index in [0.29, 0.717) is 12.4 Å². The van der Waals surface area contributed by atoms with E-state index in [2.05, 4.69) is 30.2 Å². The summed E-state index contributed by atoms with van der Waals surface area (Å²) in [5, 5.41) is 3.26. The third kappa shape index (κ3) is 4.29. The van der Waals surface area contributed by atoms with E-state index in [-0.39, 0.29) is 5.95 Å². The summed E-state index contributed by atoms with van der Waals surface area (Å²) < 4.78 is 5.38. The number of nitrogens with zero attached hydrogens (tertiary/aromatic N) is 5. The molecule has 4 rings (SSSR count). The number of anilines is 3. The van der Waals surface area contributed by atoms with Gasteiger partial charge >= 0.3 is 0 Å². The monoisotopic (exact) mass is 363 g/mol. The molecule has 1 aliphatic heterocycles. The fourth-order valence-electron chi connectivity index (χ4n) is 2.92. The van der Waals surface area contributed by atoms with Gasteiger partial charge in [-0.05, 0) is 23.8 Å². The number of rotatable bonds is 5. The van der Waals surface area contributed by atoms with Crippen LogP contribution >= 0.6 is 0 Å². The van der Waals surface area contributed by atoms with Crippen LogP contribution in [0.2, 0.25) is 0 Å². The minimum Gasteiger partial charge on any atom is -0.378 e. The Morgan fingerprint density at radius 2 is 2.00 bits per heavy atom. The molecular weight excluding hydrogens is 342 g/mol. The number of nitrogens with two attached hydrogens (primary N) is 1. The molecule has 0 spiro atoms. The predicted molar refractivity (Wildman–Crippen MR) is 104 cm³/mol. The van der Waals surface area contributed by atoms with Crippen LogP contribution in [-0.2, 0) is 11.3 Å². The first-order valence-corrected chi connectivity index (χ1v) is 8.84.